The molecule has 0 spiro atoms. The number of hydrogen-bond acceptors (Lipinski definition) is 2. The normalized spacial score (nSPS) is 11.8. The Balaban J connectivity index is 2.41. The number of anilines is 1. The molecule has 0 bridgehead atoms. The van der Waals surface area contributed by atoms with E-state index in [9.17, 15) is 9.59 Å². The Hall–Kier alpha value is -1.84. The van der Waals surface area contributed by atoms with E-state index in [-0.39, 0.29) is 0 Å². The zero-order valence-electron chi connectivity index (χ0n) is 15.4. The van der Waals surface area contributed by atoms with E-state index in [4.69, 9.17) is 0 Å². The maximum absolute atomic E-state index is 12.0. The Morgan fingerprint density at radius 2 is 1.62 bits per heavy atom. The average Bonchev–Trinajstić information content (AvgIpc) is 2.61. The molecule has 2 N–H and O–H groups in total. The molecule has 4 nitrogen and oxygen atoms in total. The van der Waals surface area contributed by atoms with Gasteiger partial charge in [-0.1, -0.05) is 58.6 Å². The molecule has 0 radical (unpaired) electrons. The molecule has 0 aliphatic heterocycles. The predicted molar refractivity (Wildman–Crippen MR) is 100.0 cm³/mol. The Morgan fingerprint density at radius 1 is 0.958 bits per heavy atom. The molecule has 4 heteroatoms. The lowest BCUT2D eigenvalue weighted by Gasteiger charge is -2.15. The lowest BCUT2D eigenvalue weighted by molar-refractivity contribution is -0.136. The molecule has 0 saturated carbocycles. The van der Waals surface area contributed by atoms with Gasteiger partial charge in [-0.15, -0.1) is 0 Å². The van der Waals surface area contributed by atoms with E-state index in [0.29, 0.717) is 18.2 Å². The number of aryl methyl sites for hydroxylation is 1. The highest BCUT2D eigenvalue weighted by Crippen LogP contribution is 2.13. The lowest BCUT2D eigenvalue weighted by Crippen LogP contribution is -2.38. The van der Waals surface area contributed by atoms with E-state index < -0.39 is 11.8 Å². The first-order valence-electron chi connectivity index (χ1n) is 9.28. The van der Waals surface area contributed by atoms with Crippen molar-refractivity contribution in [2.24, 2.45) is 5.92 Å². The zero-order valence-corrected chi connectivity index (χ0v) is 15.4. The zero-order chi connectivity index (χ0) is 17.8. The molecule has 1 aromatic rings. The van der Waals surface area contributed by atoms with Gasteiger partial charge in [-0.05, 0) is 42.9 Å². The van der Waals surface area contributed by atoms with Gasteiger partial charge >= 0.3 is 11.8 Å². The second-order valence-electron chi connectivity index (χ2n) is 6.38. The third kappa shape index (κ3) is 7.62. The third-order valence-electron chi connectivity index (χ3n) is 4.33. The number of rotatable bonds is 10. The summed E-state index contributed by atoms with van der Waals surface area (Å²) in [4.78, 5) is 23.9. The molecule has 24 heavy (non-hydrogen) atoms. The number of amides is 2. The van der Waals surface area contributed by atoms with Crippen LogP contribution in [0.2, 0.25) is 0 Å². The number of nitrogens with one attached hydrogen (secondary N) is 2. The van der Waals surface area contributed by atoms with Crippen LogP contribution >= 0.6 is 0 Å². The largest absolute Gasteiger partial charge is 0.348 e. The smallest absolute Gasteiger partial charge is 0.313 e. The molecule has 1 atom stereocenters. The molecule has 1 aromatic carbocycles. The molecule has 0 aliphatic rings. The molecular weight excluding hydrogens is 300 g/mol. The van der Waals surface area contributed by atoms with Crippen molar-refractivity contribution >= 4 is 17.5 Å². The summed E-state index contributed by atoms with van der Waals surface area (Å²) in [5.41, 5.74) is 1.91. The van der Waals surface area contributed by atoms with E-state index >= 15 is 0 Å². The number of benzene rings is 1. The fourth-order valence-corrected chi connectivity index (χ4v) is 2.58. The minimum absolute atomic E-state index is 0.444. The van der Waals surface area contributed by atoms with E-state index in [0.717, 1.165) is 44.9 Å². The van der Waals surface area contributed by atoms with Gasteiger partial charge in [0.1, 0.15) is 0 Å². The molecule has 1 unspecified atom stereocenters. The minimum atomic E-state index is -0.596. The van der Waals surface area contributed by atoms with Crippen molar-refractivity contribution in [2.75, 3.05) is 11.9 Å². The van der Waals surface area contributed by atoms with Crippen LogP contribution in [-0.4, -0.2) is 18.4 Å². The van der Waals surface area contributed by atoms with Gasteiger partial charge < -0.3 is 10.6 Å². The first-order valence-corrected chi connectivity index (χ1v) is 9.28. The van der Waals surface area contributed by atoms with Crippen LogP contribution < -0.4 is 10.6 Å². The van der Waals surface area contributed by atoms with E-state index in [1.54, 1.807) is 0 Å². The summed E-state index contributed by atoms with van der Waals surface area (Å²) in [6, 6.07) is 7.71. The Bertz CT molecular complexity index is 497. The molecule has 134 valence electrons. The van der Waals surface area contributed by atoms with Gasteiger partial charge in [0, 0.05) is 12.2 Å². The van der Waals surface area contributed by atoms with Crippen LogP contribution in [0.3, 0.4) is 0 Å². The standard InChI is InChI=1S/C20H32N2O2/c1-4-7-9-16(6-3)15-21-19(23)20(24)22-18-13-11-17(12-14-18)10-8-5-2/h11-14,16H,4-10,15H2,1-3H3,(H,21,23)(H,22,24). The van der Waals surface area contributed by atoms with E-state index in [1.165, 1.54) is 5.56 Å². The first kappa shape index (κ1) is 20.2. The van der Waals surface area contributed by atoms with Crippen LogP contribution in [0.4, 0.5) is 5.69 Å². The van der Waals surface area contributed by atoms with Crippen LogP contribution in [0.25, 0.3) is 0 Å². The van der Waals surface area contributed by atoms with Crippen molar-refractivity contribution in [3.63, 3.8) is 0 Å². The molecule has 0 aromatic heterocycles. The maximum Gasteiger partial charge on any atom is 0.313 e. The summed E-state index contributed by atoms with van der Waals surface area (Å²) in [5.74, 6) is -0.707. The summed E-state index contributed by atoms with van der Waals surface area (Å²) < 4.78 is 0. The molecule has 0 heterocycles. The third-order valence-corrected chi connectivity index (χ3v) is 4.33. The monoisotopic (exact) mass is 332 g/mol. The van der Waals surface area contributed by atoms with Crippen molar-refractivity contribution in [2.45, 2.75) is 65.7 Å². The first-order chi connectivity index (χ1) is 11.6. The summed E-state index contributed by atoms with van der Waals surface area (Å²) in [5, 5.41) is 5.41. The summed E-state index contributed by atoms with van der Waals surface area (Å²) in [6.45, 7) is 7.01. The predicted octanol–water partition coefficient (Wildman–Crippen LogP) is 4.30. The van der Waals surface area contributed by atoms with Crippen LogP contribution in [0.1, 0.15) is 64.9 Å². The number of carbonyl (C=O) groups excluding carboxylic acids is 2. The van der Waals surface area contributed by atoms with Crippen molar-refractivity contribution in [1.82, 2.24) is 5.32 Å². The molecular formula is C20H32N2O2. The molecule has 2 amide bonds. The van der Waals surface area contributed by atoms with Crippen LogP contribution in [-0.2, 0) is 16.0 Å². The van der Waals surface area contributed by atoms with Crippen molar-refractivity contribution in [3.05, 3.63) is 29.8 Å². The van der Waals surface area contributed by atoms with Gasteiger partial charge in [0.25, 0.3) is 0 Å². The number of carbonyl (C=O) groups is 2. The summed E-state index contributed by atoms with van der Waals surface area (Å²) >= 11 is 0. The van der Waals surface area contributed by atoms with Gasteiger partial charge in [0.2, 0.25) is 0 Å². The van der Waals surface area contributed by atoms with Crippen molar-refractivity contribution in [1.29, 1.82) is 0 Å². The quantitative estimate of drug-likeness (QED) is 0.628. The highest BCUT2D eigenvalue weighted by molar-refractivity contribution is 6.39. The van der Waals surface area contributed by atoms with Gasteiger partial charge in [-0.3, -0.25) is 9.59 Å². The molecule has 0 aliphatic carbocycles. The topological polar surface area (TPSA) is 58.2 Å². The van der Waals surface area contributed by atoms with Crippen LogP contribution in [0.15, 0.2) is 24.3 Å². The van der Waals surface area contributed by atoms with Crippen molar-refractivity contribution < 1.29 is 9.59 Å². The van der Waals surface area contributed by atoms with Gasteiger partial charge in [-0.25, -0.2) is 0 Å². The van der Waals surface area contributed by atoms with Crippen LogP contribution in [0.5, 0.6) is 0 Å². The average molecular weight is 332 g/mol. The minimum Gasteiger partial charge on any atom is -0.348 e. The van der Waals surface area contributed by atoms with Gasteiger partial charge in [0.05, 0.1) is 0 Å². The second kappa shape index (κ2) is 11.7. The Kier molecular flexibility index (Phi) is 9.81. The lowest BCUT2D eigenvalue weighted by atomic mass is 9.99. The number of unbranched alkanes of at least 4 members (excludes halogenated alkanes) is 2. The SMILES string of the molecule is CCCCc1ccc(NC(=O)C(=O)NCC(CC)CCCC)cc1. The molecule has 1 rings (SSSR count). The van der Waals surface area contributed by atoms with Crippen LogP contribution in [0, 0.1) is 5.92 Å². The Labute approximate surface area is 146 Å². The van der Waals surface area contributed by atoms with E-state index in [1.807, 2.05) is 24.3 Å². The summed E-state index contributed by atoms with van der Waals surface area (Å²) in [7, 11) is 0. The Morgan fingerprint density at radius 3 is 2.21 bits per heavy atom. The highest BCUT2D eigenvalue weighted by Gasteiger charge is 2.15. The van der Waals surface area contributed by atoms with Gasteiger partial charge in [0.15, 0.2) is 0 Å². The second-order valence-corrected chi connectivity index (χ2v) is 6.38. The van der Waals surface area contributed by atoms with Crippen molar-refractivity contribution in [3.8, 4) is 0 Å². The highest BCUT2D eigenvalue weighted by atomic mass is 16.2. The maximum atomic E-state index is 12.0. The molecule has 0 saturated heterocycles. The fraction of sp³-hybridized carbons (Fsp3) is 0.600. The fourth-order valence-electron chi connectivity index (χ4n) is 2.58. The van der Waals surface area contributed by atoms with Gasteiger partial charge in [-0.2, -0.15) is 0 Å². The van der Waals surface area contributed by atoms with E-state index in [2.05, 4.69) is 31.4 Å². The number of hydrogen-bond donors (Lipinski definition) is 2. The summed E-state index contributed by atoms with van der Waals surface area (Å²) in [6.07, 6.45) is 7.78. The molecule has 0 fully saturated rings.